The predicted molar refractivity (Wildman–Crippen MR) is 95.2 cm³/mol. The van der Waals surface area contributed by atoms with Gasteiger partial charge in [0.25, 0.3) is 0 Å². The molecule has 0 spiro atoms. The van der Waals surface area contributed by atoms with E-state index in [1.54, 1.807) is 24.3 Å². The lowest BCUT2D eigenvalue weighted by Crippen LogP contribution is -2.15. The zero-order chi connectivity index (χ0) is 19.8. The van der Waals surface area contributed by atoms with Crippen LogP contribution in [0.25, 0.3) is 0 Å². The van der Waals surface area contributed by atoms with Crippen molar-refractivity contribution in [3.8, 4) is 17.2 Å². The van der Waals surface area contributed by atoms with Gasteiger partial charge in [-0.25, -0.2) is 14.0 Å². The fourth-order valence-electron chi connectivity index (χ4n) is 2.04. The molecule has 2 aromatic carbocycles. The standard InChI is InChI=1S/C19H18FNO6/c1-24-13-5-4-6-14(10-13)27-17-8-7-12(9-15(17)20)21-16(19(23)26-3)11-18(22)25-2/h4-11,21H,1-3H3/b16-11+. The first-order chi connectivity index (χ1) is 13.0. The maximum absolute atomic E-state index is 14.4. The molecule has 7 nitrogen and oxygen atoms in total. The van der Waals surface area contributed by atoms with E-state index in [-0.39, 0.29) is 17.1 Å². The Hall–Kier alpha value is -3.55. The Kier molecular flexibility index (Phi) is 6.76. The highest BCUT2D eigenvalue weighted by Crippen LogP contribution is 2.29. The summed E-state index contributed by atoms with van der Waals surface area (Å²) in [5.74, 6) is -1.30. The summed E-state index contributed by atoms with van der Waals surface area (Å²) in [5.41, 5.74) is 0.0104. The maximum Gasteiger partial charge on any atom is 0.354 e. The monoisotopic (exact) mass is 375 g/mol. The number of nitrogens with one attached hydrogen (secondary N) is 1. The van der Waals surface area contributed by atoms with Gasteiger partial charge in [-0.05, 0) is 24.3 Å². The van der Waals surface area contributed by atoms with E-state index in [1.807, 2.05) is 0 Å². The molecule has 0 aliphatic rings. The topological polar surface area (TPSA) is 83.1 Å². The summed E-state index contributed by atoms with van der Waals surface area (Å²) in [6.45, 7) is 0. The van der Waals surface area contributed by atoms with E-state index >= 15 is 0 Å². The van der Waals surface area contributed by atoms with Gasteiger partial charge in [-0.1, -0.05) is 6.07 Å². The van der Waals surface area contributed by atoms with E-state index in [2.05, 4.69) is 14.8 Å². The van der Waals surface area contributed by atoms with Crippen molar-refractivity contribution in [2.45, 2.75) is 0 Å². The second kappa shape index (κ2) is 9.23. The van der Waals surface area contributed by atoms with E-state index in [9.17, 15) is 14.0 Å². The summed E-state index contributed by atoms with van der Waals surface area (Å²) >= 11 is 0. The van der Waals surface area contributed by atoms with Crippen LogP contribution in [0.3, 0.4) is 0 Å². The molecule has 27 heavy (non-hydrogen) atoms. The molecule has 0 aromatic heterocycles. The van der Waals surface area contributed by atoms with E-state index in [0.29, 0.717) is 11.5 Å². The Labute approximate surface area is 155 Å². The zero-order valence-corrected chi connectivity index (χ0v) is 14.9. The molecule has 0 saturated carbocycles. The van der Waals surface area contributed by atoms with Crippen molar-refractivity contribution < 1.29 is 32.9 Å². The van der Waals surface area contributed by atoms with E-state index in [1.165, 1.54) is 19.2 Å². The predicted octanol–water partition coefficient (Wildman–Crippen LogP) is 3.27. The van der Waals surface area contributed by atoms with Crippen LogP contribution in [0.4, 0.5) is 10.1 Å². The van der Waals surface area contributed by atoms with Crippen LogP contribution in [-0.4, -0.2) is 33.3 Å². The number of hydrogen-bond donors (Lipinski definition) is 1. The third-order valence-corrected chi connectivity index (χ3v) is 3.35. The molecular weight excluding hydrogens is 357 g/mol. The Morgan fingerprint density at radius 1 is 1.00 bits per heavy atom. The molecule has 142 valence electrons. The van der Waals surface area contributed by atoms with Gasteiger partial charge >= 0.3 is 11.9 Å². The number of carbonyl (C=O) groups excluding carboxylic acids is 2. The average molecular weight is 375 g/mol. The highest BCUT2D eigenvalue weighted by Gasteiger charge is 2.14. The number of benzene rings is 2. The summed E-state index contributed by atoms with van der Waals surface area (Å²) in [6, 6.07) is 10.7. The van der Waals surface area contributed by atoms with Gasteiger partial charge in [-0.15, -0.1) is 0 Å². The van der Waals surface area contributed by atoms with Crippen molar-refractivity contribution in [2.24, 2.45) is 0 Å². The van der Waals surface area contributed by atoms with Gasteiger partial charge in [0.1, 0.15) is 17.2 Å². The summed E-state index contributed by atoms with van der Waals surface area (Å²) in [7, 11) is 3.83. The average Bonchev–Trinajstić information content (AvgIpc) is 2.68. The van der Waals surface area contributed by atoms with Gasteiger partial charge in [-0.3, -0.25) is 0 Å². The largest absolute Gasteiger partial charge is 0.497 e. The SMILES string of the molecule is COC(=O)/C=C(/Nc1ccc(Oc2cccc(OC)c2)c(F)c1)C(=O)OC. The van der Waals surface area contributed by atoms with Gasteiger partial charge in [0.05, 0.1) is 27.4 Å². The highest BCUT2D eigenvalue weighted by atomic mass is 19.1. The lowest BCUT2D eigenvalue weighted by atomic mass is 10.2. The number of esters is 2. The van der Waals surface area contributed by atoms with Crippen LogP contribution in [0.1, 0.15) is 0 Å². The molecule has 0 bridgehead atoms. The molecule has 0 fully saturated rings. The van der Waals surface area contributed by atoms with Gasteiger partial charge in [0.15, 0.2) is 11.6 Å². The fourth-order valence-corrected chi connectivity index (χ4v) is 2.04. The van der Waals surface area contributed by atoms with Crippen molar-refractivity contribution >= 4 is 17.6 Å². The van der Waals surface area contributed by atoms with Crippen LogP contribution in [-0.2, 0) is 19.1 Å². The van der Waals surface area contributed by atoms with E-state index in [0.717, 1.165) is 26.4 Å². The van der Waals surface area contributed by atoms with Gasteiger partial charge in [-0.2, -0.15) is 0 Å². The lowest BCUT2D eigenvalue weighted by molar-refractivity contribution is -0.138. The number of anilines is 1. The molecule has 0 aliphatic carbocycles. The van der Waals surface area contributed by atoms with Gasteiger partial charge < -0.3 is 24.3 Å². The Balaban J connectivity index is 2.20. The third-order valence-electron chi connectivity index (χ3n) is 3.35. The Morgan fingerprint density at radius 2 is 1.74 bits per heavy atom. The number of ether oxygens (including phenoxy) is 4. The van der Waals surface area contributed by atoms with Crippen molar-refractivity contribution in [1.29, 1.82) is 0 Å². The molecular formula is C19H18FNO6. The number of methoxy groups -OCH3 is 3. The highest BCUT2D eigenvalue weighted by molar-refractivity contribution is 5.98. The lowest BCUT2D eigenvalue weighted by Gasteiger charge is -2.12. The Morgan fingerprint density at radius 3 is 2.37 bits per heavy atom. The van der Waals surface area contributed by atoms with Crippen LogP contribution in [0.2, 0.25) is 0 Å². The van der Waals surface area contributed by atoms with Crippen LogP contribution in [0, 0.1) is 5.82 Å². The van der Waals surface area contributed by atoms with Crippen molar-refractivity contribution in [3.63, 3.8) is 0 Å². The minimum atomic E-state index is -0.808. The van der Waals surface area contributed by atoms with Gasteiger partial charge in [0, 0.05) is 17.8 Å². The van der Waals surface area contributed by atoms with Crippen LogP contribution in [0.5, 0.6) is 17.2 Å². The fraction of sp³-hybridized carbons (Fsp3) is 0.158. The smallest absolute Gasteiger partial charge is 0.354 e. The quantitative estimate of drug-likeness (QED) is 0.587. The zero-order valence-electron chi connectivity index (χ0n) is 14.9. The van der Waals surface area contributed by atoms with E-state index < -0.39 is 17.8 Å². The normalized spacial score (nSPS) is 10.7. The van der Waals surface area contributed by atoms with Crippen molar-refractivity contribution in [3.05, 3.63) is 60.1 Å². The number of rotatable bonds is 7. The van der Waals surface area contributed by atoms with Gasteiger partial charge in [0.2, 0.25) is 0 Å². The number of halogens is 1. The number of carbonyl (C=O) groups is 2. The molecule has 2 aromatic rings. The second-order valence-electron chi connectivity index (χ2n) is 5.12. The molecule has 8 heteroatoms. The molecule has 0 unspecified atom stereocenters. The third kappa shape index (κ3) is 5.46. The summed E-state index contributed by atoms with van der Waals surface area (Å²) in [5, 5.41) is 2.62. The first kappa shape index (κ1) is 19.8. The molecule has 0 heterocycles. The number of hydrogen-bond acceptors (Lipinski definition) is 7. The summed E-state index contributed by atoms with van der Waals surface area (Å²) in [4.78, 5) is 23.1. The minimum absolute atomic E-state index is 0.0228. The Bertz CT molecular complexity index is 865. The molecule has 0 amide bonds. The summed E-state index contributed by atoms with van der Waals surface area (Å²) in [6.07, 6.45) is 0.907. The molecule has 0 radical (unpaired) electrons. The first-order valence-electron chi connectivity index (χ1n) is 7.73. The maximum atomic E-state index is 14.4. The van der Waals surface area contributed by atoms with Crippen LogP contribution in [0.15, 0.2) is 54.2 Å². The van der Waals surface area contributed by atoms with Crippen LogP contribution < -0.4 is 14.8 Å². The molecule has 0 saturated heterocycles. The molecule has 1 N–H and O–H groups in total. The minimum Gasteiger partial charge on any atom is -0.497 e. The first-order valence-corrected chi connectivity index (χ1v) is 7.73. The summed E-state index contributed by atoms with van der Waals surface area (Å²) < 4.78 is 34.0. The van der Waals surface area contributed by atoms with E-state index in [4.69, 9.17) is 9.47 Å². The molecule has 0 atom stereocenters. The van der Waals surface area contributed by atoms with Crippen molar-refractivity contribution in [1.82, 2.24) is 0 Å². The van der Waals surface area contributed by atoms with Crippen LogP contribution >= 0.6 is 0 Å². The molecule has 0 aliphatic heterocycles. The van der Waals surface area contributed by atoms with Crippen molar-refractivity contribution in [2.75, 3.05) is 26.6 Å². The molecule has 2 rings (SSSR count). The second-order valence-corrected chi connectivity index (χ2v) is 5.12.